The highest BCUT2D eigenvalue weighted by molar-refractivity contribution is 5.76. The van der Waals surface area contributed by atoms with Crippen LogP contribution in [0.5, 0.6) is 0 Å². The van der Waals surface area contributed by atoms with Gasteiger partial charge in [0.05, 0.1) is 0 Å². The SMILES string of the molecule is CC(C)(C)OC(=O)[C@@H](N)Cc1ccnc(F)c1. The molecule has 0 aromatic carbocycles. The van der Waals surface area contributed by atoms with Crippen molar-refractivity contribution in [3.63, 3.8) is 0 Å². The Bertz CT molecular complexity index is 402. The number of carbonyl (C=O) groups excluding carboxylic acids is 1. The van der Waals surface area contributed by atoms with Crippen LogP contribution in [0.15, 0.2) is 18.3 Å². The number of rotatable bonds is 3. The number of ether oxygens (including phenoxy) is 1. The van der Waals surface area contributed by atoms with Gasteiger partial charge in [0.15, 0.2) is 0 Å². The number of hydrogen-bond donors (Lipinski definition) is 1. The van der Waals surface area contributed by atoms with E-state index in [4.69, 9.17) is 10.5 Å². The quantitative estimate of drug-likeness (QED) is 0.641. The molecule has 0 aliphatic rings. The molecule has 0 fully saturated rings. The first kappa shape index (κ1) is 13.6. The Morgan fingerprint density at radius 2 is 2.24 bits per heavy atom. The molecule has 5 heteroatoms. The van der Waals surface area contributed by atoms with Crippen molar-refractivity contribution in [2.45, 2.75) is 38.8 Å². The lowest BCUT2D eigenvalue weighted by molar-refractivity contribution is -0.156. The molecule has 4 nitrogen and oxygen atoms in total. The first-order valence-electron chi connectivity index (χ1n) is 5.37. The predicted molar refractivity (Wildman–Crippen MR) is 61.7 cm³/mol. The Hall–Kier alpha value is -1.49. The van der Waals surface area contributed by atoms with Crippen molar-refractivity contribution in [1.82, 2.24) is 4.98 Å². The number of nitrogens with zero attached hydrogens (tertiary/aromatic N) is 1. The summed E-state index contributed by atoms with van der Waals surface area (Å²) in [6.45, 7) is 5.30. The van der Waals surface area contributed by atoms with Gasteiger partial charge in [-0.2, -0.15) is 4.39 Å². The average Bonchev–Trinajstić information content (AvgIpc) is 2.14. The van der Waals surface area contributed by atoms with E-state index < -0.39 is 23.6 Å². The van der Waals surface area contributed by atoms with Gasteiger partial charge >= 0.3 is 5.97 Å². The maximum Gasteiger partial charge on any atom is 0.323 e. The second kappa shape index (κ2) is 5.23. The molecule has 0 saturated carbocycles. The molecule has 1 aromatic heterocycles. The van der Waals surface area contributed by atoms with Crippen LogP contribution in [-0.2, 0) is 16.0 Å². The maximum absolute atomic E-state index is 12.8. The van der Waals surface area contributed by atoms with Gasteiger partial charge in [-0.3, -0.25) is 4.79 Å². The van der Waals surface area contributed by atoms with Crippen LogP contribution in [0.2, 0.25) is 0 Å². The maximum atomic E-state index is 12.8. The first-order chi connectivity index (χ1) is 7.78. The van der Waals surface area contributed by atoms with E-state index in [1.165, 1.54) is 12.3 Å². The van der Waals surface area contributed by atoms with Gasteiger partial charge in [-0.05, 0) is 44.9 Å². The Labute approximate surface area is 100.0 Å². The van der Waals surface area contributed by atoms with E-state index >= 15 is 0 Å². The summed E-state index contributed by atoms with van der Waals surface area (Å²) in [5.74, 6) is -1.08. The van der Waals surface area contributed by atoms with Crippen molar-refractivity contribution in [1.29, 1.82) is 0 Å². The van der Waals surface area contributed by atoms with Crippen molar-refractivity contribution in [3.8, 4) is 0 Å². The largest absolute Gasteiger partial charge is 0.459 e. The van der Waals surface area contributed by atoms with Crippen molar-refractivity contribution in [2.24, 2.45) is 5.73 Å². The summed E-state index contributed by atoms with van der Waals surface area (Å²) in [6, 6.07) is 2.08. The van der Waals surface area contributed by atoms with Gasteiger partial charge in [0, 0.05) is 6.20 Å². The van der Waals surface area contributed by atoms with Gasteiger partial charge in [0.25, 0.3) is 0 Å². The fraction of sp³-hybridized carbons (Fsp3) is 0.500. The molecule has 0 aliphatic heterocycles. The number of esters is 1. The number of aromatic nitrogens is 1. The smallest absolute Gasteiger partial charge is 0.323 e. The van der Waals surface area contributed by atoms with E-state index in [0.29, 0.717) is 5.56 Å². The Balaban J connectivity index is 2.60. The predicted octanol–water partition coefficient (Wildman–Crippen LogP) is 1.43. The topological polar surface area (TPSA) is 65.2 Å². The van der Waals surface area contributed by atoms with Gasteiger partial charge in [-0.15, -0.1) is 0 Å². The van der Waals surface area contributed by atoms with E-state index in [-0.39, 0.29) is 6.42 Å². The number of nitrogens with two attached hydrogens (primary N) is 1. The molecule has 0 saturated heterocycles. The first-order valence-corrected chi connectivity index (χ1v) is 5.37. The van der Waals surface area contributed by atoms with E-state index in [1.54, 1.807) is 26.8 Å². The molecule has 1 atom stereocenters. The van der Waals surface area contributed by atoms with Crippen LogP contribution in [0.4, 0.5) is 4.39 Å². The fourth-order valence-electron chi connectivity index (χ4n) is 1.28. The van der Waals surface area contributed by atoms with Crippen molar-refractivity contribution in [3.05, 3.63) is 29.8 Å². The standard InChI is InChI=1S/C12H17FN2O2/c1-12(2,3)17-11(16)9(14)6-8-4-5-15-10(13)7-8/h4-5,7,9H,6,14H2,1-3H3/t9-/m0/s1. The molecule has 1 aromatic rings. The summed E-state index contributed by atoms with van der Waals surface area (Å²) in [4.78, 5) is 15.0. The van der Waals surface area contributed by atoms with Gasteiger partial charge in [0.1, 0.15) is 11.6 Å². The van der Waals surface area contributed by atoms with Crippen molar-refractivity contribution < 1.29 is 13.9 Å². The van der Waals surface area contributed by atoms with Gasteiger partial charge in [-0.25, -0.2) is 4.98 Å². The molecule has 1 rings (SSSR count). The lowest BCUT2D eigenvalue weighted by Gasteiger charge is -2.22. The lowest BCUT2D eigenvalue weighted by atomic mass is 10.1. The van der Waals surface area contributed by atoms with Crippen LogP contribution in [0, 0.1) is 5.95 Å². The summed E-state index contributed by atoms with van der Waals surface area (Å²) in [7, 11) is 0. The normalized spacial score (nSPS) is 13.2. The molecule has 94 valence electrons. The summed E-state index contributed by atoms with van der Waals surface area (Å²) in [5, 5.41) is 0. The molecule has 0 unspecified atom stereocenters. The molecular weight excluding hydrogens is 223 g/mol. The average molecular weight is 240 g/mol. The number of hydrogen-bond acceptors (Lipinski definition) is 4. The zero-order valence-corrected chi connectivity index (χ0v) is 10.2. The van der Waals surface area contributed by atoms with E-state index in [2.05, 4.69) is 4.98 Å². The highest BCUT2D eigenvalue weighted by atomic mass is 19.1. The summed E-state index contributed by atoms with van der Waals surface area (Å²) >= 11 is 0. The third kappa shape index (κ3) is 4.91. The van der Waals surface area contributed by atoms with Gasteiger partial charge in [0.2, 0.25) is 5.95 Å². The molecule has 0 aliphatic carbocycles. The van der Waals surface area contributed by atoms with Crippen LogP contribution in [0.1, 0.15) is 26.3 Å². The highest BCUT2D eigenvalue weighted by Gasteiger charge is 2.22. The molecule has 17 heavy (non-hydrogen) atoms. The minimum Gasteiger partial charge on any atom is -0.459 e. The number of pyridine rings is 1. The monoisotopic (exact) mass is 240 g/mol. The van der Waals surface area contributed by atoms with Crippen LogP contribution in [0.25, 0.3) is 0 Å². The third-order valence-electron chi connectivity index (χ3n) is 1.96. The van der Waals surface area contributed by atoms with Crippen LogP contribution in [-0.4, -0.2) is 22.6 Å². The summed E-state index contributed by atoms with van der Waals surface area (Å²) in [5.41, 5.74) is 5.74. The second-order valence-electron chi connectivity index (χ2n) is 4.83. The minimum absolute atomic E-state index is 0.231. The van der Waals surface area contributed by atoms with E-state index in [9.17, 15) is 9.18 Å². The zero-order chi connectivity index (χ0) is 13.1. The number of carbonyl (C=O) groups is 1. The van der Waals surface area contributed by atoms with Gasteiger partial charge < -0.3 is 10.5 Å². The zero-order valence-electron chi connectivity index (χ0n) is 10.2. The van der Waals surface area contributed by atoms with Crippen LogP contribution >= 0.6 is 0 Å². The molecule has 0 radical (unpaired) electrons. The Morgan fingerprint density at radius 1 is 1.59 bits per heavy atom. The number of halogens is 1. The fourth-order valence-corrected chi connectivity index (χ4v) is 1.28. The van der Waals surface area contributed by atoms with Crippen LogP contribution < -0.4 is 5.73 Å². The Kier molecular flexibility index (Phi) is 4.17. The molecule has 2 N–H and O–H groups in total. The molecule has 0 bridgehead atoms. The molecular formula is C12H17FN2O2. The highest BCUT2D eigenvalue weighted by Crippen LogP contribution is 2.10. The summed E-state index contributed by atoms with van der Waals surface area (Å²) < 4.78 is 18.0. The lowest BCUT2D eigenvalue weighted by Crippen LogP contribution is -2.38. The van der Waals surface area contributed by atoms with E-state index in [0.717, 1.165) is 0 Å². The van der Waals surface area contributed by atoms with Crippen molar-refractivity contribution >= 4 is 5.97 Å². The Morgan fingerprint density at radius 3 is 2.76 bits per heavy atom. The van der Waals surface area contributed by atoms with Gasteiger partial charge in [-0.1, -0.05) is 0 Å². The summed E-state index contributed by atoms with van der Waals surface area (Å²) in [6.07, 6.45) is 1.57. The van der Waals surface area contributed by atoms with E-state index in [1.807, 2.05) is 0 Å². The molecule has 0 spiro atoms. The van der Waals surface area contributed by atoms with Crippen LogP contribution in [0.3, 0.4) is 0 Å². The second-order valence-corrected chi connectivity index (χ2v) is 4.83. The van der Waals surface area contributed by atoms with Crippen molar-refractivity contribution in [2.75, 3.05) is 0 Å². The third-order valence-corrected chi connectivity index (χ3v) is 1.96. The minimum atomic E-state index is -0.795. The molecule has 1 heterocycles. The molecule has 0 amide bonds.